The summed E-state index contributed by atoms with van der Waals surface area (Å²) in [6.07, 6.45) is 2.08. The van der Waals surface area contributed by atoms with Crippen molar-refractivity contribution in [1.29, 1.82) is 0 Å². The summed E-state index contributed by atoms with van der Waals surface area (Å²) in [5.41, 5.74) is 5.64. The number of hydrogen-bond acceptors (Lipinski definition) is 2. The van der Waals surface area contributed by atoms with Gasteiger partial charge in [0.2, 0.25) is 0 Å². The minimum absolute atomic E-state index is 0.495. The second kappa shape index (κ2) is 4.00. The predicted octanol–water partition coefficient (Wildman–Crippen LogP) is 1.65. The quantitative estimate of drug-likeness (QED) is 0.508. The van der Waals surface area contributed by atoms with Gasteiger partial charge in [0, 0.05) is 17.4 Å². The fourth-order valence-corrected chi connectivity index (χ4v) is 2.33. The summed E-state index contributed by atoms with van der Waals surface area (Å²) in [5, 5.41) is 0.772. The van der Waals surface area contributed by atoms with Crippen molar-refractivity contribution in [3.05, 3.63) is 0 Å². The number of aliphatic imine (C=N–C) groups is 1. The van der Waals surface area contributed by atoms with E-state index < -0.39 is 0 Å². The zero-order valence-corrected chi connectivity index (χ0v) is 8.03. The Balaban J connectivity index is 2.38. The number of thioether (sulfide) groups is 1. The topological polar surface area (TPSA) is 38.4 Å². The SMILES string of the molecule is CCC(N)=NC1CSC(C)C1. The van der Waals surface area contributed by atoms with Crippen LogP contribution in [-0.2, 0) is 0 Å². The summed E-state index contributed by atoms with van der Waals surface area (Å²) in [5.74, 6) is 1.96. The van der Waals surface area contributed by atoms with Gasteiger partial charge in [-0.3, -0.25) is 4.99 Å². The standard InChI is InChI=1S/C8H16N2S/c1-3-8(9)10-7-4-6(2)11-5-7/h6-7H,3-5H2,1-2H3,(H2,9,10). The highest BCUT2D eigenvalue weighted by atomic mass is 32.2. The Kier molecular flexibility index (Phi) is 3.24. The van der Waals surface area contributed by atoms with Gasteiger partial charge in [-0.05, 0) is 6.42 Å². The number of amidine groups is 1. The molecule has 0 amide bonds. The maximum atomic E-state index is 5.64. The number of hydrogen-bond donors (Lipinski definition) is 1. The molecule has 3 heteroatoms. The largest absolute Gasteiger partial charge is 0.387 e. The van der Waals surface area contributed by atoms with Crippen molar-refractivity contribution in [2.45, 2.75) is 38.0 Å². The van der Waals surface area contributed by atoms with Crippen molar-refractivity contribution in [2.24, 2.45) is 10.7 Å². The Labute approximate surface area is 72.6 Å². The summed E-state index contributed by atoms with van der Waals surface area (Å²) in [6, 6.07) is 0.495. The van der Waals surface area contributed by atoms with Crippen LogP contribution in [0.15, 0.2) is 4.99 Å². The Hall–Kier alpha value is -0.180. The van der Waals surface area contributed by atoms with Crippen LogP contribution < -0.4 is 5.73 Å². The number of nitrogens with two attached hydrogens (primary N) is 1. The smallest absolute Gasteiger partial charge is 0.0938 e. The third-order valence-electron chi connectivity index (χ3n) is 1.89. The molecule has 0 aromatic carbocycles. The van der Waals surface area contributed by atoms with E-state index in [-0.39, 0.29) is 0 Å². The number of nitrogens with zero attached hydrogens (tertiary/aromatic N) is 1. The minimum Gasteiger partial charge on any atom is -0.387 e. The van der Waals surface area contributed by atoms with E-state index in [2.05, 4.69) is 11.9 Å². The summed E-state index contributed by atoms with van der Waals surface area (Å²) in [6.45, 7) is 4.30. The highest BCUT2D eigenvalue weighted by Crippen LogP contribution is 2.27. The highest BCUT2D eigenvalue weighted by molar-refractivity contribution is 8.00. The van der Waals surface area contributed by atoms with Gasteiger partial charge in [-0.1, -0.05) is 13.8 Å². The summed E-state index contributed by atoms with van der Waals surface area (Å²) >= 11 is 2.00. The lowest BCUT2D eigenvalue weighted by atomic mass is 10.2. The average Bonchev–Trinajstić information content (AvgIpc) is 2.35. The molecule has 2 nitrogen and oxygen atoms in total. The molecule has 0 bridgehead atoms. The van der Waals surface area contributed by atoms with Crippen molar-refractivity contribution in [2.75, 3.05) is 5.75 Å². The Morgan fingerprint density at radius 2 is 2.45 bits per heavy atom. The van der Waals surface area contributed by atoms with Gasteiger partial charge in [0.1, 0.15) is 0 Å². The van der Waals surface area contributed by atoms with Crippen LogP contribution in [0.3, 0.4) is 0 Å². The Morgan fingerprint density at radius 1 is 1.73 bits per heavy atom. The van der Waals surface area contributed by atoms with Gasteiger partial charge in [0.15, 0.2) is 0 Å². The van der Waals surface area contributed by atoms with E-state index in [1.807, 2.05) is 18.7 Å². The molecule has 64 valence electrons. The molecule has 1 heterocycles. The van der Waals surface area contributed by atoms with Crippen LogP contribution in [0, 0.1) is 0 Å². The molecule has 0 aliphatic carbocycles. The molecule has 1 fully saturated rings. The maximum absolute atomic E-state index is 5.64. The first-order chi connectivity index (χ1) is 5.22. The van der Waals surface area contributed by atoms with E-state index in [1.165, 1.54) is 6.42 Å². The molecular weight excluding hydrogens is 156 g/mol. The molecule has 2 atom stereocenters. The van der Waals surface area contributed by atoms with Crippen LogP contribution in [0.5, 0.6) is 0 Å². The van der Waals surface area contributed by atoms with Crippen molar-refractivity contribution < 1.29 is 0 Å². The van der Waals surface area contributed by atoms with Gasteiger partial charge in [-0.25, -0.2) is 0 Å². The van der Waals surface area contributed by atoms with Crippen LogP contribution in [-0.4, -0.2) is 22.9 Å². The van der Waals surface area contributed by atoms with Crippen molar-refractivity contribution in [3.8, 4) is 0 Å². The molecule has 0 radical (unpaired) electrons. The van der Waals surface area contributed by atoms with Crippen molar-refractivity contribution >= 4 is 17.6 Å². The first kappa shape index (κ1) is 8.91. The molecule has 0 aromatic rings. The lowest BCUT2D eigenvalue weighted by Crippen LogP contribution is -2.15. The summed E-state index contributed by atoms with van der Waals surface area (Å²) < 4.78 is 0. The van der Waals surface area contributed by atoms with Crippen molar-refractivity contribution in [3.63, 3.8) is 0 Å². The third-order valence-corrected chi connectivity index (χ3v) is 3.23. The van der Waals surface area contributed by atoms with Crippen LogP contribution in [0.25, 0.3) is 0 Å². The zero-order valence-electron chi connectivity index (χ0n) is 7.21. The highest BCUT2D eigenvalue weighted by Gasteiger charge is 2.20. The van der Waals surface area contributed by atoms with E-state index in [9.17, 15) is 0 Å². The molecule has 1 aliphatic heterocycles. The minimum atomic E-state index is 0.495. The van der Waals surface area contributed by atoms with Gasteiger partial charge in [-0.2, -0.15) is 11.8 Å². The average molecular weight is 172 g/mol. The summed E-state index contributed by atoms with van der Waals surface area (Å²) in [4.78, 5) is 4.42. The fraction of sp³-hybridized carbons (Fsp3) is 0.875. The predicted molar refractivity (Wildman–Crippen MR) is 52.2 cm³/mol. The van der Waals surface area contributed by atoms with Crippen LogP contribution >= 0.6 is 11.8 Å². The van der Waals surface area contributed by atoms with E-state index >= 15 is 0 Å². The van der Waals surface area contributed by atoms with E-state index in [1.54, 1.807) is 0 Å². The molecule has 0 aromatic heterocycles. The molecule has 2 N–H and O–H groups in total. The first-order valence-electron chi connectivity index (χ1n) is 4.16. The molecular formula is C8H16N2S. The fourth-order valence-electron chi connectivity index (χ4n) is 1.21. The monoisotopic (exact) mass is 172 g/mol. The van der Waals surface area contributed by atoms with Gasteiger partial charge in [0.25, 0.3) is 0 Å². The third kappa shape index (κ3) is 2.73. The molecule has 11 heavy (non-hydrogen) atoms. The number of rotatable bonds is 2. The zero-order chi connectivity index (χ0) is 8.27. The lowest BCUT2D eigenvalue weighted by molar-refractivity contribution is 0.704. The summed E-state index contributed by atoms with van der Waals surface area (Å²) in [7, 11) is 0. The lowest BCUT2D eigenvalue weighted by Gasteiger charge is -2.02. The van der Waals surface area contributed by atoms with Gasteiger partial charge >= 0.3 is 0 Å². The van der Waals surface area contributed by atoms with E-state index in [0.29, 0.717) is 6.04 Å². The Bertz CT molecular complexity index is 156. The first-order valence-corrected chi connectivity index (χ1v) is 5.21. The van der Waals surface area contributed by atoms with E-state index in [4.69, 9.17) is 5.73 Å². The van der Waals surface area contributed by atoms with Crippen LogP contribution in [0.1, 0.15) is 26.7 Å². The second-order valence-corrected chi connectivity index (χ2v) is 4.48. The molecule has 0 spiro atoms. The van der Waals surface area contributed by atoms with Gasteiger partial charge in [0.05, 0.1) is 11.9 Å². The normalized spacial score (nSPS) is 32.7. The van der Waals surface area contributed by atoms with Crippen LogP contribution in [0.4, 0.5) is 0 Å². The van der Waals surface area contributed by atoms with Gasteiger partial charge < -0.3 is 5.73 Å². The molecule has 1 saturated heterocycles. The van der Waals surface area contributed by atoms with E-state index in [0.717, 1.165) is 23.3 Å². The second-order valence-electron chi connectivity index (χ2n) is 3.01. The van der Waals surface area contributed by atoms with Crippen molar-refractivity contribution in [1.82, 2.24) is 0 Å². The maximum Gasteiger partial charge on any atom is 0.0938 e. The molecule has 1 rings (SSSR count). The molecule has 1 aliphatic rings. The Morgan fingerprint density at radius 3 is 2.91 bits per heavy atom. The molecule has 0 saturated carbocycles. The van der Waals surface area contributed by atoms with Gasteiger partial charge in [-0.15, -0.1) is 0 Å². The van der Waals surface area contributed by atoms with Crippen LogP contribution in [0.2, 0.25) is 0 Å². The molecule has 2 unspecified atom stereocenters.